The van der Waals surface area contributed by atoms with Crippen LogP contribution in [0.3, 0.4) is 0 Å². The highest BCUT2D eigenvalue weighted by Crippen LogP contribution is 2.38. The van der Waals surface area contributed by atoms with Gasteiger partial charge in [-0.25, -0.2) is 0 Å². The SMILES string of the molecule is NC(=O)c1cncc(-c2ccccc2O[C@@H]2C[C@H]3CNC[C@@H]2C3)c1. The zero-order valence-corrected chi connectivity index (χ0v) is 13.4. The molecule has 3 N–H and O–H groups in total. The molecule has 5 nitrogen and oxygen atoms in total. The first-order valence-electron chi connectivity index (χ1n) is 8.42. The van der Waals surface area contributed by atoms with Crippen LogP contribution in [0.15, 0.2) is 42.7 Å². The molecule has 2 aliphatic rings. The molecular formula is C19H21N3O2. The zero-order chi connectivity index (χ0) is 16.5. The van der Waals surface area contributed by atoms with Gasteiger partial charge in [0.1, 0.15) is 11.9 Å². The lowest BCUT2D eigenvalue weighted by Gasteiger charge is -2.23. The van der Waals surface area contributed by atoms with Crippen molar-refractivity contribution < 1.29 is 9.53 Å². The van der Waals surface area contributed by atoms with Gasteiger partial charge in [-0.15, -0.1) is 0 Å². The Balaban J connectivity index is 1.63. The smallest absolute Gasteiger partial charge is 0.250 e. The number of para-hydroxylation sites is 1. The normalized spacial score (nSPS) is 25.4. The van der Waals surface area contributed by atoms with E-state index in [9.17, 15) is 4.79 Å². The number of rotatable bonds is 4. The molecule has 5 heteroatoms. The van der Waals surface area contributed by atoms with Crippen LogP contribution in [0.25, 0.3) is 11.1 Å². The highest BCUT2D eigenvalue weighted by molar-refractivity contribution is 5.93. The van der Waals surface area contributed by atoms with Gasteiger partial charge in [0.05, 0.1) is 5.56 Å². The zero-order valence-electron chi connectivity index (χ0n) is 13.4. The Morgan fingerprint density at radius 3 is 2.92 bits per heavy atom. The molecule has 1 saturated carbocycles. The molecule has 2 fully saturated rings. The van der Waals surface area contributed by atoms with E-state index in [1.54, 1.807) is 12.3 Å². The van der Waals surface area contributed by atoms with Crippen molar-refractivity contribution in [3.63, 3.8) is 0 Å². The van der Waals surface area contributed by atoms with Crippen LogP contribution in [0.4, 0.5) is 0 Å². The van der Waals surface area contributed by atoms with Crippen LogP contribution in [0.1, 0.15) is 23.2 Å². The highest BCUT2D eigenvalue weighted by atomic mass is 16.5. The maximum absolute atomic E-state index is 11.4. The molecule has 24 heavy (non-hydrogen) atoms. The van der Waals surface area contributed by atoms with Crippen LogP contribution in [-0.4, -0.2) is 30.1 Å². The molecule has 2 aromatic rings. The second-order valence-electron chi connectivity index (χ2n) is 6.73. The molecule has 0 unspecified atom stereocenters. The number of carbonyl (C=O) groups excluding carboxylic acids is 1. The van der Waals surface area contributed by atoms with Crippen molar-refractivity contribution in [2.75, 3.05) is 13.1 Å². The standard InChI is InChI=1S/C19H21N3O2/c20-19(23)15-7-13(9-22-11-15)16-3-1-2-4-17(16)24-18-6-12-5-14(18)10-21-8-12/h1-4,7,9,11-12,14,18,21H,5-6,8,10H2,(H2,20,23)/t12-,14-,18+/m0/s1. The number of nitrogens with one attached hydrogen (secondary N) is 1. The van der Waals surface area contributed by atoms with Crippen LogP contribution in [0, 0.1) is 11.8 Å². The average molecular weight is 323 g/mol. The number of benzene rings is 1. The molecule has 1 aliphatic heterocycles. The monoisotopic (exact) mass is 323 g/mol. The summed E-state index contributed by atoms with van der Waals surface area (Å²) in [7, 11) is 0. The Morgan fingerprint density at radius 1 is 1.21 bits per heavy atom. The van der Waals surface area contributed by atoms with E-state index in [1.807, 2.05) is 24.3 Å². The van der Waals surface area contributed by atoms with Crippen molar-refractivity contribution in [3.05, 3.63) is 48.3 Å². The van der Waals surface area contributed by atoms with E-state index in [0.29, 0.717) is 11.5 Å². The number of pyridine rings is 1. The Morgan fingerprint density at radius 2 is 2.08 bits per heavy atom. The molecule has 1 aromatic heterocycles. The number of piperidine rings is 1. The largest absolute Gasteiger partial charge is 0.489 e. The maximum atomic E-state index is 11.4. The fraction of sp³-hybridized carbons (Fsp3) is 0.368. The van der Waals surface area contributed by atoms with Crippen molar-refractivity contribution in [1.29, 1.82) is 0 Å². The lowest BCUT2D eigenvalue weighted by molar-refractivity contribution is 0.1000. The maximum Gasteiger partial charge on any atom is 0.250 e. The second kappa shape index (κ2) is 6.24. The number of amides is 1. The number of nitrogens with zero attached hydrogens (tertiary/aromatic N) is 1. The van der Waals surface area contributed by atoms with Crippen LogP contribution in [-0.2, 0) is 0 Å². The first kappa shape index (κ1) is 15.1. The van der Waals surface area contributed by atoms with Gasteiger partial charge in [-0.1, -0.05) is 18.2 Å². The number of primary amides is 1. The summed E-state index contributed by atoms with van der Waals surface area (Å²) in [5.74, 6) is 1.67. The van der Waals surface area contributed by atoms with E-state index in [1.165, 1.54) is 12.6 Å². The van der Waals surface area contributed by atoms with Crippen LogP contribution < -0.4 is 15.8 Å². The third-order valence-corrected chi connectivity index (χ3v) is 5.07. The van der Waals surface area contributed by atoms with E-state index in [0.717, 1.165) is 42.3 Å². The quantitative estimate of drug-likeness (QED) is 0.904. The van der Waals surface area contributed by atoms with Crippen molar-refractivity contribution in [3.8, 4) is 16.9 Å². The molecule has 124 valence electrons. The summed E-state index contributed by atoms with van der Waals surface area (Å²) in [6.07, 6.45) is 5.83. The Labute approximate surface area is 141 Å². The van der Waals surface area contributed by atoms with E-state index < -0.39 is 5.91 Å². The van der Waals surface area contributed by atoms with Crippen molar-refractivity contribution in [2.24, 2.45) is 17.6 Å². The fourth-order valence-corrected chi connectivity index (χ4v) is 3.89. The minimum absolute atomic E-state index is 0.249. The first-order valence-corrected chi connectivity index (χ1v) is 8.42. The molecule has 1 amide bonds. The minimum atomic E-state index is -0.474. The molecule has 1 saturated heterocycles. The molecule has 1 aliphatic carbocycles. The Hall–Kier alpha value is -2.40. The molecular weight excluding hydrogens is 302 g/mol. The molecule has 2 bridgehead atoms. The number of hydrogen-bond donors (Lipinski definition) is 2. The number of aromatic nitrogens is 1. The molecule has 3 atom stereocenters. The molecule has 1 aromatic carbocycles. The van der Waals surface area contributed by atoms with E-state index in [2.05, 4.69) is 10.3 Å². The van der Waals surface area contributed by atoms with Gasteiger partial charge in [-0.3, -0.25) is 9.78 Å². The van der Waals surface area contributed by atoms with Crippen LogP contribution in [0.5, 0.6) is 5.75 Å². The van der Waals surface area contributed by atoms with Crippen molar-refractivity contribution in [2.45, 2.75) is 18.9 Å². The summed E-state index contributed by atoms with van der Waals surface area (Å²) >= 11 is 0. The minimum Gasteiger partial charge on any atom is -0.489 e. The Kier molecular flexibility index (Phi) is 3.94. The van der Waals surface area contributed by atoms with Crippen molar-refractivity contribution in [1.82, 2.24) is 10.3 Å². The number of ether oxygens (including phenoxy) is 1. The summed E-state index contributed by atoms with van der Waals surface area (Å²) in [4.78, 5) is 15.6. The van der Waals surface area contributed by atoms with Gasteiger partial charge in [0, 0.05) is 36.0 Å². The van der Waals surface area contributed by atoms with Gasteiger partial charge < -0.3 is 15.8 Å². The third kappa shape index (κ3) is 2.87. The average Bonchev–Trinajstić information content (AvgIpc) is 2.88. The lowest BCUT2D eigenvalue weighted by atomic mass is 10.0. The van der Waals surface area contributed by atoms with Crippen molar-refractivity contribution >= 4 is 5.91 Å². The number of nitrogens with two attached hydrogens (primary N) is 1. The van der Waals surface area contributed by atoms with E-state index in [-0.39, 0.29) is 6.10 Å². The molecule has 0 radical (unpaired) electrons. The number of hydrogen-bond acceptors (Lipinski definition) is 4. The van der Waals surface area contributed by atoms with Gasteiger partial charge >= 0.3 is 0 Å². The van der Waals surface area contributed by atoms with Gasteiger partial charge in [0.15, 0.2) is 0 Å². The van der Waals surface area contributed by atoms with E-state index in [4.69, 9.17) is 10.5 Å². The predicted molar refractivity (Wildman–Crippen MR) is 91.7 cm³/mol. The summed E-state index contributed by atoms with van der Waals surface area (Å²) in [6.45, 7) is 2.13. The summed E-state index contributed by atoms with van der Waals surface area (Å²) in [6, 6.07) is 9.70. The summed E-state index contributed by atoms with van der Waals surface area (Å²) in [5, 5.41) is 3.49. The lowest BCUT2D eigenvalue weighted by Crippen LogP contribution is -2.34. The van der Waals surface area contributed by atoms with Crippen LogP contribution >= 0.6 is 0 Å². The number of carbonyl (C=O) groups is 1. The van der Waals surface area contributed by atoms with Gasteiger partial charge in [0.25, 0.3) is 0 Å². The topological polar surface area (TPSA) is 77.2 Å². The summed E-state index contributed by atoms with van der Waals surface area (Å²) in [5.41, 5.74) is 7.57. The van der Waals surface area contributed by atoms with Gasteiger partial charge in [-0.05, 0) is 37.4 Å². The Bertz CT molecular complexity index is 762. The second-order valence-corrected chi connectivity index (χ2v) is 6.73. The van der Waals surface area contributed by atoms with Crippen LogP contribution in [0.2, 0.25) is 0 Å². The summed E-state index contributed by atoms with van der Waals surface area (Å²) < 4.78 is 6.39. The highest BCUT2D eigenvalue weighted by Gasteiger charge is 2.38. The molecule has 4 rings (SSSR count). The third-order valence-electron chi connectivity index (χ3n) is 5.07. The molecule has 2 heterocycles. The van der Waals surface area contributed by atoms with E-state index >= 15 is 0 Å². The van der Waals surface area contributed by atoms with Gasteiger partial charge in [-0.2, -0.15) is 0 Å². The van der Waals surface area contributed by atoms with Gasteiger partial charge in [0.2, 0.25) is 5.91 Å². The molecule has 0 spiro atoms. The predicted octanol–water partition coefficient (Wildman–Crippen LogP) is 2.22. The first-order chi connectivity index (χ1) is 11.7. The fourth-order valence-electron chi connectivity index (χ4n) is 3.89. The number of fused-ring (bicyclic) bond motifs is 2.